The van der Waals surface area contributed by atoms with Crippen LogP contribution < -0.4 is 10.6 Å². The Labute approximate surface area is 114 Å². The van der Waals surface area contributed by atoms with Gasteiger partial charge in [-0.15, -0.1) is 0 Å². The molecule has 1 aliphatic carbocycles. The highest BCUT2D eigenvalue weighted by molar-refractivity contribution is 5.47. The first-order chi connectivity index (χ1) is 9.29. The number of aromatic nitrogens is 2. The van der Waals surface area contributed by atoms with Crippen LogP contribution >= 0.6 is 0 Å². The Hall–Kier alpha value is -1.57. The number of nitrogens with zero attached hydrogens (tertiary/aromatic N) is 3. The molecule has 0 aromatic carbocycles. The van der Waals surface area contributed by atoms with Gasteiger partial charge < -0.3 is 15.7 Å². The molecule has 112 valence electrons. The van der Waals surface area contributed by atoms with Crippen molar-refractivity contribution in [3.63, 3.8) is 0 Å². The van der Waals surface area contributed by atoms with Crippen LogP contribution in [0.2, 0.25) is 0 Å². The maximum absolute atomic E-state index is 12.7. The highest BCUT2D eigenvalue weighted by Crippen LogP contribution is 2.30. The molecule has 0 aliphatic heterocycles. The smallest absolute Gasteiger partial charge is 0.391 e. The second kappa shape index (κ2) is 5.43. The second-order valence-electron chi connectivity index (χ2n) is 5.00. The normalized spacial score (nSPS) is 23.6. The van der Waals surface area contributed by atoms with Gasteiger partial charge in [0.2, 0.25) is 5.82 Å². The topological polar surface area (TPSA) is 75.3 Å². The van der Waals surface area contributed by atoms with Crippen molar-refractivity contribution in [2.45, 2.75) is 44.0 Å². The first kappa shape index (κ1) is 14.8. The van der Waals surface area contributed by atoms with Crippen LogP contribution in [0, 0.1) is 0 Å². The van der Waals surface area contributed by atoms with Crippen molar-refractivity contribution in [1.82, 2.24) is 9.97 Å². The van der Waals surface area contributed by atoms with Crippen LogP contribution in [0.15, 0.2) is 6.07 Å². The Morgan fingerprint density at radius 1 is 1.30 bits per heavy atom. The molecule has 0 spiro atoms. The van der Waals surface area contributed by atoms with Crippen LogP contribution in [-0.2, 0) is 6.18 Å². The molecule has 0 bridgehead atoms. The zero-order valence-corrected chi connectivity index (χ0v) is 11.1. The lowest BCUT2D eigenvalue weighted by Gasteiger charge is -2.36. The molecule has 20 heavy (non-hydrogen) atoms. The van der Waals surface area contributed by atoms with Crippen molar-refractivity contribution in [3.8, 4) is 0 Å². The fourth-order valence-corrected chi connectivity index (χ4v) is 2.47. The third-order valence-corrected chi connectivity index (χ3v) is 3.54. The largest absolute Gasteiger partial charge is 0.451 e. The van der Waals surface area contributed by atoms with Gasteiger partial charge >= 0.3 is 6.18 Å². The molecule has 1 aromatic rings. The van der Waals surface area contributed by atoms with E-state index >= 15 is 0 Å². The fraction of sp³-hybridized carbons (Fsp3) is 0.667. The Morgan fingerprint density at radius 2 is 1.95 bits per heavy atom. The number of rotatable bonds is 2. The van der Waals surface area contributed by atoms with E-state index in [-0.39, 0.29) is 17.7 Å². The molecule has 1 fully saturated rings. The van der Waals surface area contributed by atoms with Gasteiger partial charge in [0.05, 0.1) is 12.1 Å². The molecule has 1 aromatic heterocycles. The van der Waals surface area contributed by atoms with E-state index in [1.807, 2.05) is 0 Å². The third kappa shape index (κ3) is 3.12. The minimum absolute atomic E-state index is 0.0794. The number of hydrogen-bond donors (Lipinski definition) is 2. The van der Waals surface area contributed by atoms with E-state index in [4.69, 9.17) is 5.73 Å². The summed E-state index contributed by atoms with van der Waals surface area (Å²) in [5, 5.41) is 9.96. The number of alkyl halides is 3. The van der Waals surface area contributed by atoms with E-state index in [2.05, 4.69) is 9.97 Å². The van der Waals surface area contributed by atoms with Gasteiger partial charge in [-0.2, -0.15) is 13.2 Å². The van der Waals surface area contributed by atoms with E-state index < -0.39 is 18.1 Å². The average Bonchev–Trinajstić information content (AvgIpc) is 2.37. The Balaban J connectivity index is 2.29. The van der Waals surface area contributed by atoms with Gasteiger partial charge in [-0.05, 0) is 12.8 Å². The number of hydrogen-bond acceptors (Lipinski definition) is 5. The summed E-state index contributed by atoms with van der Waals surface area (Å²) in [6.07, 6.45) is -2.01. The lowest BCUT2D eigenvalue weighted by molar-refractivity contribution is -0.144. The number of nitrogens with two attached hydrogens (primary N) is 1. The molecule has 5 nitrogen and oxygen atoms in total. The average molecular weight is 290 g/mol. The molecule has 0 amide bonds. The molecular formula is C12H17F3N4O. The predicted molar refractivity (Wildman–Crippen MR) is 68.1 cm³/mol. The van der Waals surface area contributed by atoms with Crippen LogP contribution in [-0.4, -0.2) is 34.3 Å². The molecule has 1 saturated carbocycles. The molecular weight excluding hydrogens is 273 g/mol. The van der Waals surface area contributed by atoms with Crippen molar-refractivity contribution in [2.24, 2.45) is 0 Å². The second-order valence-corrected chi connectivity index (χ2v) is 5.00. The van der Waals surface area contributed by atoms with Crippen LogP contribution in [0.3, 0.4) is 0 Å². The van der Waals surface area contributed by atoms with Crippen molar-refractivity contribution in [2.75, 3.05) is 17.7 Å². The Bertz CT molecular complexity index is 480. The fourth-order valence-electron chi connectivity index (χ4n) is 2.47. The molecule has 2 atom stereocenters. The molecule has 1 aliphatic rings. The highest BCUT2D eigenvalue weighted by Gasteiger charge is 2.36. The monoisotopic (exact) mass is 290 g/mol. The maximum atomic E-state index is 12.7. The number of anilines is 2. The van der Waals surface area contributed by atoms with Crippen molar-refractivity contribution in [1.29, 1.82) is 0 Å². The minimum Gasteiger partial charge on any atom is -0.391 e. The zero-order valence-electron chi connectivity index (χ0n) is 11.1. The van der Waals surface area contributed by atoms with Gasteiger partial charge in [0, 0.05) is 13.1 Å². The van der Waals surface area contributed by atoms with Crippen molar-refractivity contribution >= 4 is 11.6 Å². The summed E-state index contributed by atoms with van der Waals surface area (Å²) in [7, 11) is 1.61. The predicted octanol–water partition coefficient (Wildman–Crippen LogP) is 1.82. The summed E-state index contributed by atoms with van der Waals surface area (Å²) in [6.45, 7) is 0. The minimum atomic E-state index is -4.64. The van der Waals surface area contributed by atoms with E-state index in [9.17, 15) is 18.3 Å². The van der Waals surface area contributed by atoms with E-state index in [0.717, 1.165) is 12.8 Å². The molecule has 2 rings (SSSR count). The molecule has 1 heterocycles. The van der Waals surface area contributed by atoms with Gasteiger partial charge in [0.15, 0.2) is 0 Å². The van der Waals surface area contributed by atoms with Gasteiger partial charge in [0.25, 0.3) is 0 Å². The number of halogens is 3. The van der Waals surface area contributed by atoms with E-state index in [1.54, 1.807) is 11.9 Å². The summed E-state index contributed by atoms with van der Waals surface area (Å²) in [5.41, 5.74) is 5.42. The highest BCUT2D eigenvalue weighted by atomic mass is 19.4. The standard InChI is InChI=1S/C12H17F3N4O/c1-19(7-4-2-3-5-8(7)20)10-6-9(16)17-11(18-10)12(13,14)15/h6-8,20H,2-5H2,1H3,(H2,16,17,18). The summed E-state index contributed by atoms with van der Waals surface area (Å²) >= 11 is 0. The first-order valence-electron chi connectivity index (χ1n) is 6.41. The summed E-state index contributed by atoms with van der Waals surface area (Å²) in [4.78, 5) is 8.27. The van der Waals surface area contributed by atoms with Crippen molar-refractivity contribution in [3.05, 3.63) is 11.9 Å². The third-order valence-electron chi connectivity index (χ3n) is 3.54. The van der Waals surface area contributed by atoms with Gasteiger partial charge in [-0.25, -0.2) is 9.97 Å². The van der Waals surface area contributed by atoms with Gasteiger partial charge in [-0.1, -0.05) is 12.8 Å². The summed E-state index contributed by atoms with van der Waals surface area (Å²) in [5.74, 6) is -1.42. The molecule has 8 heteroatoms. The number of aliphatic hydroxyl groups excluding tert-OH is 1. The molecule has 2 unspecified atom stereocenters. The molecule has 3 N–H and O–H groups in total. The van der Waals surface area contributed by atoms with Gasteiger partial charge in [-0.3, -0.25) is 0 Å². The summed E-state index contributed by atoms with van der Waals surface area (Å²) < 4.78 is 38.0. The lowest BCUT2D eigenvalue weighted by Crippen LogP contribution is -2.44. The van der Waals surface area contributed by atoms with Crippen LogP contribution in [0.5, 0.6) is 0 Å². The van der Waals surface area contributed by atoms with Gasteiger partial charge in [0.1, 0.15) is 11.6 Å². The zero-order chi connectivity index (χ0) is 14.9. The van der Waals surface area contributed by atoms with E-state index in [1.165, 1.54) is 6.07 Å². The molecule has 0 radical (unpaired) electrons. The quantitative estimate of drug-likeness (QED) is 0.869. The van der Waals surface area contributed by atoms with Crippen LogP contribution in [0.1, 0.15) is 31.5 Å². The Kier molecular flexibility index (Phi) is 4.03. The summed E-state index contributed by atoms with van der Waals surface area (Å²) in [6, 6.07) is 1.04. The SMILES string of the molecule is CN(c1cc(N)nc(C(F)(F)F)n1)C1CCCCC1O. The van der Waals surface area contributed by atoms with Crippen LogP contribution in [0.25, 0.3) is 0 Å². The van der Waals surface area contributed by atoms with E-state index in [0.29, 0.717) is 12.8 Å². The number of likely N-dealkylation sites (N-methyl/N-ethyl adjacent to an activating group) is 1. The Morgan fingerprint density at radius 3 is 2.55 bits per heavy atom. The number of aliphatic hydroxyl groups is 1. The molecule has 0 saturated heterocycles. The maximum Gasteiger partial charge on any atom is 0.451 e. The lowest BCUT2D eigenvalue weighted by atomic mass is 9.91. The van der Waals surface area contributed by atoms with Crippen molar-refractivity contribution < 1.29 is 18.3 Å². The number of nitrogen functional groups attached to an aromatic ring is 1. The van der Waals surface area contributed by atoms with Crippen LogP contribution in [0.4, 0.5) is 24.8 Å². The first-order valence-corrected chi connectivity index (χ1v) is 6.41.